The van der Waals surface area contributed by atoms with Gasteiger partial charge in [-0.15, -0.1) is 0 Å². The van der Waals surface area contributed by atoms with Crippen molar-refractivity contribution in [2.75, 3.05) is 0 Å². The van der Waals surface area contributed by atoms with Gasteiger partial charge in [0, 0.05) is 22.3 Å². The first-order chi connectivity index (χ1) is 32.4. The Balaban J connectivity index is 1.64. The van der Waals surface area contributed by atoms with E-state index in [4.69, 9.17) is 27.1 Å². The summed E-state index contributed by atoms with van der Waals surface area (Å²) >= 11 is 0. The zero-order valence-corrected chi connectivity index (χ0v) is 50.2. The molecule has 72 heavy (non-hydrogen) atoms. The van der Waals surface area contributed by atoms with E-state index in [0.717, 1.165) is 44.5 Å². The van der Waals surface area contributed by atoms with E-state index in [2.05, 4.69) is 190 Å². The van der Waals surface area contributed by atoms with Gasteiger partial charge in [0.25, 0.3) is 0 Å². The lowest BCUT2D eigenvalue weighted by atomic mass is 9.80. The molecule has 0 saturated heterocycles. The Morgan fingerprint density at radius 1 is 0.250 bits per heavy atom. The quantitative estimate of drug-likeness (QED) is 0.114. The van der Waals surface area contributed by atoms with Crippen molar-refractivity contribution in [1.82, 2.24) is 0 Å². The summed E-state index contributed by atoms with van der Waals surface area (Å²) in [4.78, 5) is 0. The van der Waals surface area contributed by atoms with Gasteiger partial charge in [0.15, 0.2) is 0 Å². The van der Waals surface area contributed by atoms with Crippen molar-refractivity contribution in [3.63, 3.8) is 0 Å². The van der Waals surface area contributed by atoms with Crippen LogP contribution < -0.4 is 27.1 Å². The molecule has 8 nitrogen and oxygen atoms in total. The maximum absolute atomic E-state index is 15.6. The Labute approximate surface area is 435 Å². The van der Waals surface area contributed by atoms with E-state index in [9.17, 15) is 0 Å². The monoisotopic (exact) mass is 1020 g/mol. The SMILES string of the molecule is CC(C)(C)c1ccc(OP(=O)(Oc2ccc(OP(=O)(Oc3ccc(C(C)(C)C)cc3C(C)(C)C)Oc3ccc(C(C)(C)C)cc3C(C)(C)C)cc2)Oc2ccc(C(C)(C)C)cc2C(C)(C)C)c(C(C)(C)C)c1. The number of phosphoric acid groups is 2. The molecule has 5 aromatic carbocycles. The lowest BCUT2D eigenvalue weighted by Gasteiger charge is -2.30. The average molecular weight is 1020 g/mol. The number of phosphoric ester groups is 2. The Kier molecular flexibility index (Phi) is 16.1. The summed E-state index contributed by atoms with van der Waals surface area (Å²) in [6, 6.07) is 30.2. The van der Waals surface area contributed by atoms with Crippen molar-refractivity contribution in [3.8, 4) is 34.5 Å². The zero-order valence-electron chi connectivity index (χ0n) is 48.4. The third-order valence-corrected chi connectivity index (χ3v) is 15.3. The van der Waals surface area contributed by atoms with Gasteiger partial charge in [-0.1, -0.05) is 215 Å². The molecule has 0 aromatic heterocycles. The Morgan fingerprint density at radius 3 is 0.583 bits per heavy atom. The fourth-order valence-electron chi connectivity index (χ4n) is 8.06. The van der Waals surface area contributed by atoms with Crippen LogP contribution in [0.1, 0.15) is 211 Å². The second kappa shape index (κ2) is 19.9. The van der Waals surface area contributed by atoms with Crippen molar-refractivity contribution in [3.05, 3.63) is 142 Å². The van der Waals surface area contributed by atoms with E-state index < -0.39 is 37.3 Å². The molecule has 0 radical (unpaired) electrons. The van der Waals surface area contributed by atoms with Gasteiger partial charge >= 0.3 is 15.6 Å². The van der Waals surface area contributed by atoms with E-state index in [1.54, 1.807) is 24.3 Å². The average Bonchev–Trinajstić information content (AvgIpc) is 3.18. The molecule has 0 saturated carbocycles. The number of benzene rings is 5. The van der Waals surface area contributed by atoms with Crippen LogP contribution in [0, 0.1) is 0 Å². The number of hydrogen-bond acceptors (Lipinski definition) is 8. The fraction of sp³-hybridized carbons (Fsp3) is 0.516. The molecule has 394 valence electrons. The van der Waals surface area contributed by atoms with Crippen molar-refractivity contribution in [1.29, 1.82) is 0 Å². The third-order valence-electron chi connectivity index (χ3n) is 12.7. The molecule has 5 aromatic rings. The van der Waals surface area contributed by atoms with Gasteiger partial charge in [-0.2, -0.15) is 9.13 Å². The highest BCUT2D eigenvalue weighted by Gasteiger charge is 2.40. The summed E-state index contributed by atoms with van der Waals surface area (Å²) in [5, 5.41) is 0. The second-order valence-electron chi connectivity index (χ2n) is 27.8. The molecule has 0 aliphatic heterocycles. The van der Waals surface area contributed by atoms with Crippen molar-refractivity contribution in [2.24, 2.45) is 0 Å². The first-order valence-corrected chi connectivity index (χ1v) is 28.4. The van der Waals surface area contributed by atoms with E-state index in [0.29, 0.717) is 23.0 Å². The molecule has 0 fully saturated rings. The molecule has 0 unspecified atom stereocenters. The van der Waals surface area contributed by atoms with Gasteiger partial charge in [0.2, 0.25) is 0 Å². The topological polar surface area (TPSA) is 89.5 Å². The van der Waals surface area contributed by atoms with E-state index in [-0.39, 0.29) is 33.2 Å². The minimum atomic E-state index is -4.56. The minimum absolute atomic E-state index is 0.146. The first-order valence-electron chi connectivity index (χ1n) is 25.5. The molecule has 0 heterocycles. The highest BCUT2D eigenvalue weighted by Crippen LogP contribution is 2.56. The van der Waals surface area contributed by atoms with Crippen LogP contribution in [-0.2, 0) is 52.5 Å². The first kappa shape index (κ1) is 58.3. The van der Waals surface area contributed by atoms with E-state index in [1.807, 2.05) is 48.5 Å². The van der Waals surface area contributed by atoms with Crippen molar-refractivity contribution in [2.45, 2.75) is 209 Å². The summed E-state index contributed by atoms with van der Waals surface area (Å²) < 4.78 is 70.3. The molecule has 0 aliphatic rings. The fourth-order valence-corrected chi connectivity index (χ4v) is 10.6. The van der Waals surface area contributed by atoms with Gasteiger partial charge in [-0.25, -0.2) is 0 Å². The molecule has 5 rings (SSSR count). The minimum Gasteiger partial charge on any atom is -0.386 e. The standard InChI is InChI=1S/C62H88O8P2/c1-55(2,3)41-25-33-51(47(37-41)59(13,14)15)67-71(63,68-52-34-26-42(56(4,5)6)38-48(52)60(16,17)18)65-45-29-31-46(32-30-45)66-72(64,69-53-35-27-43(57(7,8)9)39-49(53)61(19,20)21)70-54-36-28-44(58(10,11)12)40-50(54)62(22,23)24/h25-40H,1-24H3. The Bertz CT molecular complexity index is 2460. The van der Waals surface area contributed by atoms with E-state index >= 15 is 9.13 Å². The van der Waals surface area contributed by atoms with Crippen LogP contribution in [-0.4, -0.2) is 0 Å². The molecule has 0 aliphatic carbocycles. The van der Waals surface area contributed by atoms with Crippen molar-refractivity contribution >= 4 is 15.6 Å². The summed E-state index contributed by atoms with van der Waals surface area (Å²) in [6.45, 7) is 51.1. The molecule has 0 bridgehead atoms. The molecular formula is C62H88O8P2. The third kappa shape index (κ3) is 14.8. The smallest absolute Gasteiger partial charge is 0.386 e. The maximum atomic E-state index is 15.6. The van der Waals surface area contributed by atoms with Crippen molar-refractivity contribution < 1.29 is 36.3 Å². The molecular weight excluding hydrogens is 935 g/mol. The maximum Gasteiger partial charge on any atom is 0.647 e. The Morgan fingerprint density at radius 2 is 0.431 bits per heavy atom. The van der Waals surface area contributed by atoms with Crippen LogP contribution in [0.25, 0.3) is 0 Å². The van der Waals surface area contributed by atoms with Crippen LogP contribution in [0.3, 0.4) is 0 Å². The lowest BCUT2D eigenvalue weighted by Crippen LogP contribution is -2.20. The molecule has 0 N–H and O–H groups in total. The van der Waals surface area contributed by atoms with Crippen LogP contribution in [0.4, 0.5) is 0 Å². The summed E-state index contributed by atoms with van der Waals surface area (Å²) in [7, 11) is -9.12. The van der Waals surface area contributed by atoms with Crippen LogP contribution in [0.15, 0.2) is 97.1 Å². The second-order valence-corrected chi connectivity index (χ2v) is 30.6. The molecule has 0 amide bonds. The van der Waals surface area contributed by atoms with Crippen LogP contribution >= 0.6 is 15.6 Å². The predicted octanol–water partition coefficient (Wildman–Crippen LogP) is 19.4. The number of hydrogen-bond donors (Lipinski definition) is 0. The summed E-state index contributed by atoms with van der Waals surface area (Å²) in [6.07, 6.45) is 0. The number of rotatable bonds is 12. The highest BCUT2D eigenvalue weighted by atomic mass is 31.2. The highest BCUT2D eigenvalue weighted by molar-refractivity contribution is 7.50. The molecule has 10 heteroatoms. The van der Waals surface area contributed by atoms with Crippen LogP contribution in [0.5, 0.6) is 34.5 Å². The zero-order chi connectivity index (χ0) is 54.6. The van der Waals surface area contributed by atoms with Crippen LogP contribution in [0.2, 0.25) is 0 Å². The van der Waals surface area contributed by atoms with Gasteiger partial charge in [0.05, 0.1) is 0 Å². The van der Waals surface area contributed by atoms with E-state index in [1.165, 1.54) is 0 Å². The Hall–Kier alpha value is -4.64. The molecule has 0 atom stereocenters. The summed E-state index contributed by atoms with van der Waals surface area (Å²) in [5.41, 5.74) is 5.69. The van der Waals surface area contributed by atoms with Gasteiger partial charge in [0.1, 0.15) is 34.5 Å². The predicted molar refractivity (Wildman–Crippen MR) is 301 cm³/mol. The lowest BCUT2D eigenvalue weighted by molar-refractivity contribution is 0.288. The van der Waals surface area contributed by atoms with Gasteiger partial charge < -0.3 is 27.1 Å². The van der Waals surface area contributed by atoms with Gasteiger partial charge in [-0.3, -0.25) is 0 Å². The largest absolute Gasteiger partial charge is 0.647 e. The van der Waals surface area contributed by atoms with Gasteiger partial charge in [-0.05, 0) is 114 Å². The molecule has 0 spiro atoms. The summed E-state index contributed by atoms with van der Waals surface area (Å²) in [5.74, 6) is 1.85. The normalized spacial score (nSPS) is 13.7.